The van der Waals surface area contributed by atoms with E-state index in [0.29, 0.717) is 12.2 Å². The minimum Gasteiger partial charge on any atom is -0.476 e. The van der Waals surface area contributed by atoms with Crippen molar-refractivity contribution in [3.63, 3.8) is 0 Å². The van der Waals surface area contributed by atoms with Gasteiger partial charge < -0.3 is 5.11 Å². The van der Waals surface area contributed by atoms with Gasteiger partial charge in [-0.25, -0.2) is 4.79 Å². The van der Waals surface area contributed by atoms with Crippen LogP contribution in [0.15, 0.2) is 24.3 Å². The second-order valence-corrected chi connectivity index (χ2v) is 3.76. The Kier molecular flexibility index (Phi) is 2.91. The van der Waals surface area contributed by atoms with Crippen LogP contribution in [0.2, 0.25) is 0 Å². The molecule has 0 aliphatic rings. The lowest BCUT2D eigenvalue weighted by Gasteiger charge is -1.98. The third-order valence-corrected chi connectivity index (χ3v) is 2.43. The zero-order valence-corrected chi connectivity index (χ0v) is 9.71. The number of aromatic carboxylic acids is 1. The van der Waals surface area contributed by atoms with Crippen molar-refractivity contribution in [2.24, 2.45) is 0 Å². The minimum absolute atomic E-state index is 0.00236. The molecule has 0 saturated carbocycles. The fourth-order valence-corrected chi connectivity index (χ4v) is 1.62. The summed E-state index contributed by atoms with van der Waals surface area (Å²) in [6.07, 6.45) is 0. The Morgan fingerprint density at radius 1 is 1.41 bits per heavy atom. The summed E-state index contributed by atoms with van der Waals surface area (Å²) in [4.78, 5) is 12.5. The predicted octanol–water partition coefficient (Wildman–Crippen LogP) is 1.97. The first-order chi connectivity index (χ1) is 8.11. The Morgan fingerprint density at radius 2 is 2.18 bits per heavy atom. The molecule has 0 bridgehead atoms. The van der Waals surface area contributed by atoms with E-state index in [1.54, 1.807) is 0 Å². The van der Waals surface area contributed by atoms with E-state index in [-0.39, 0.29) is 5.69 Å². The number of carboxylic acids is 1. The Morgan fingerprint density at radius 3 is 2.76 bits per heavy atom. The van der Waals surface area contributed by atoms with Crippen molar-refractivity contribution in [1.29, 1.82) is 0 Å². The lowest BCUT2D eigenvalue weighted by atomic mass is 10.1. The van der Waals surface area contributed by atoms with Gasteiger partial charge in [-0.3, -0.25) is 0 Å². The van der Waals surface area contributed by atoms with Gasteiger partial charge in [-0.15, -0.1) is 5.10 Å². The number of nitrogens with zero attached hydrogens (tertiary/aromatic N) is 3. The van der Waals surface area contributed by atoms with E-state index in [2.05, 4.69) is 10.2 Å². The van der Waals surface area contributed by atoms with Crippen LogP contribution in [0.3, 0.4) is 0 Å². The third-order valence-electron chi connectivity index (χ3n) is 2.43. The number of carbonyl (C=O) groups is 1. The van der Waals surface area contributed by atoms with Gasteiger partial charge in [0.15, 0.2) is 5.69 Å². The van der Waals surface area contributed by atoms with Crippen molar-refractivity contribution < 1.29 is 9.90 Å². The highest BCUT2D eigenvalue weighted by atomic mass is 16.4. The lowest BCUT2D eigenvalue weighted by molar-refractivity contribution is 0.0690. The molecule has 0 saturated heterocycles. The number of aromatic nitrogens is 3. The lowest BCUT2D eigenvalue weighted by Crippen LogP contribution is -2.02. The van der Waals surface area contributed by atoms with Crippen LogP contribution in [0.25, 0.3) is 11.3 Å². The molecule has 5 nitrogen and oxygen atoms in total. The molecule has 1 N–H and O–H groups in total. The van der Waals surface area contributed by atoms with Gasteiger partial charge in [0, 0.05) is 5.56 Å². The molecule has 1 heterocycles. The van der Waals surface area contributed by atoms with Crippen molar-refractivity contribution in [2.45, 2.75) is 20.4 Å². The SMILES string of the molecule is CCn1nc(C(=O)O)c(-c2cccc(C)c2)n1. The van der Waals surface area contributed by atoms with Crippen molar-refractivity contribution in [3.8, 4) is 11.3 Å². The standard InChI is InChI=1S/C12H13N3O2/c1-3-15-13-10(11(14-15)12(16)17)9-6-4-5-8(2)7-9/h4-7H,3H2,1-2H3,(H,16,17). The first-order valence-corrected chi connectivity index (χ1v) is 5.37. The molecule has 0 aliphatic carbocycles. The molecule has 88 valence electrons. The molecule has 0 amide bonds. The molecule has 0 fully saturated rings. The first-order valence-electron chi connectivity index (χ1n) is 5.37. The van der Waals surface area contributed by atoms with E-state index in [9.17, 15) is 4.79 Å². The van der Waals surface area contributed by atoms with Gasteiger partial charge >= 0.3 is 5.97 Å². The number of rotatable bonds is 3. The number of aryl methyl sites for hydroxylation is 2. The van der Waals surface area contributed by atoms with Gasteiger partial charge in [0.1, 0.15) is 5.69 Å². The van der Waals surface area contributed by atoms with Crippen LogP contribution < -0.4 is 0 Å². The first kappa shape index (κ1) is 11.3. The fourth-order valence-electron chi connectivity index (χ4n) is 1.62. The Balaban J connectivity index is 2.57. The van der Waals surface area contributed by atoms with Crippen LogP contribution in [0.1, 0.15) is 23.0 Å². The summed E-state index contributed by atoms with van der Waals surface area (Å²) in [5.74, 6) is -1.05. The summed E-state index contributed by atoms with van der Waals surface area (Å²) in [6, 6.07) is 7.56. The van der Waals surface area contributed by atoms with Gasteiger partial charge in [-0.05, 0) is 19.9 Å². The quantitative estimate of drug-likeness (QED) is 0.876. The summed E-state index contributed by atoms with van der Waals surface area (Å²) in [5, 5.41) is 17.2. The van der Waals surface area contributed by atoms with Crippen LogP contribution >= 0.6 is 0 Å². The zero-order chi connectivity index (χ0) is 12.4. The zero-order valence-electron chi connectivity index (χ0n) is 9.71. The molecule has 0 aliphatic heterocycles. The minimum atomic E-state index is -1.05. The number of carboxylic acid groups (broad SMARTS) is 1. The molecule has 1 aromatic heterocycles. The van der Waals surface area contributed by atoms with Gasteiger partial charge in [0.05, 0.1) is 6.54 Å². The number of hydrogen-bond acceptors (Lipinski definition) is 3. The predicted molar refractivity (Wildman–Crippen MR) is 62.8 cm³/mol. The van der Waals surface area contributed by atoms with E-state index in [0.717, 1.165) is 11.1 Å². The normalized spacial score (nSPS) is 10.5. The monoisotopic (exact) mass is 231 g/mol. The fraction of sp³-hybridized carbons (Fsp3) is 0.250. The van der Waals surface area contributed by atoms with Crippen molar-refractivity contribution in [2.75, 3.05) is 0 Å². The summed E-state index contributed by atoms with van der Waals surface area (Å²) >= 11 is 0. The summed E-state index contributed by atoms with van der Waals surface area (Å²) in [5.41, 5.74) is 2.26. The molecule has 17 heavy (non-hydrogen) atoms. The van der Waals surface area contributed by atoms with Gasteiger partial charge in [-0.2, -0.15) is 9.90 Å². The summed E-state index contributed by atoms with van der Waals surface area (Å²) in [6.45, 7) is 4.37. The molecular formula is C12H13N3O2. The van der Waals surface area contributed by atoms with Crippen LogP contribution in [-0.4, -0.2) is 26.1 Å². The van der Waals surface area contributed by atoms with E-state index in [4.69, 9.17) is 5.11 Å². The van der Waals surface area contributed by atoms with E-state index >= 15 is 0 Å². The van der Waals surface area contributed by atoms with E-state index in [1.165, 1.54) is 4.80 Å². The van der Waals surface area contributed by atoms with E-state index in [1.807, 2.05) is 38.1 Å². The second kappa shape index (κ2) is 4.37. The van der Waals surface area contributed by atoms with Crippen molar-refractivity contribution in [1.82, 2.24) is 15.0 Å². The molecule has 0 atom stereocenters. The Bertz CT molecular complexity index is 561. The molecule has 0 spiro atoms. The highest BCUT2D eigenvalue weighted by Gasteiger charge is 2.18. The van der Waals surface area contributed by atoms with Gasteiger partial charge in [-0.1, -0.05) is 23.8 Å². The molecule has 1 aromatic carbocycles. The van der Waals surface area contributed by atoms with Crippen LogP contribution in [0, 0.1) is 6.92 Å². The average molecular weight is 231 g/mol. The van der Waals surface area contributed by atoms with Crippen LogP contribution in [-0.2, 0) is 6.54 Å². The topological polar surface area (TPSA) is 68.0 Å². The third kappa shape index (κ3) is 2.18. The molecule has 0 unspecified atom stereocenters. The summed E-state index contributed by atoms with van der Waals surface area (Å²) in [7, 11) is 0. The average Bonchev–Trinajstić information content (AvgIpc) is 2.73. The maximum absolute atomic E-state index is 11.1. The highest BCUT2D eigenvalue weighted by Crippen LogP contribution is 2.21. The van der Waals surface area contributed by atoms with Crippen LogP contribution in [0.5, 0.6) is 0 Å². The Labute approximate surface area is 98.7 Å². The van der Waals surface area contributed by atoms with Crippen LogP contribution in [0.4, 0.5) is 0 Å². The van der Waals surface area contributed by atoms with E-state index < -0.39 is 5.97 Å². The smallest absolute Gasteiger partial charge is 0.358 e. The highest BCUT2D eigenvalue weighted by molar-refractivity contribution is 5.92. The Hall–Kier alpha value is -2.17. The number of benzene rings is 1. The van der Waals surface area contributed by atoms with Crippen molar-refractivity contribution in [3.05, 3.63) is 35.5 Å². The number of hydrogen-bond donors (Lipinski definition) is 1. The molecular weight excluding hydrogens is 218 g/mol. The van der Waals surface area contributed by atoms with Gasteiger partial charge in [0.2, 0.25) is 0 Å². The summed E-state index contributed by atoms with van der Waals surface area (Å²) < 4.78 is 0. The maximum Gasteiger partial charge on any atom is 0.358 e. The van der Waals surface area contributed by atoms with Gasteiger partial charge in [0.25, 0.3) is 0 Å². The molecule has 2 rings (SSSR count). The largest absolute Gasteiger partial charge is 0.476 e. The molecule has 5 heteroatoms. The second-order valence-electron chi connectivity index (χ2n) is 3.76. The molecule has 0 radical (unpaired) electrons. The maximum atomic E-state index is 11.1. The molecule has 2 aromatic rings. The van der Waals surface area contributed by atoms with Crippen molar-refractivity contribution >= 4 is 5.97 Å².